The van der Waals surface area contributed by atoms with E-state index in [2.05, 4.69) is 4.99 Å². The van der Waals surface area contributed by atoms with E-state index in [0.717, 1.165) is 17.3 Å². The molecular formula is C21H22N2O6S. The lowest BCUT2D eigenvalue weighted by Crippen LogP contribution is -2.43. The molecule has 9 heteroatoms. The minimum absolute atomic E-state index is 0.102. The van der Waals surface area contributed by atoms with Crippen molar-refractivity contribution in [1.29, 1.82) is 0 Å². The fourth-order valence-electron chi connectivity index (χ4n) is 2.92. The largest absolute Gasteiger partial charge is 0.497 e. The number of amidine groups is 1. The summed E-state index contributed by atoms with van der Waals surface area (Å²) in [6.07, 6.45) is -0.102. The number of hydrogen-bond donors (Lipinski definition) is 1. The van der Waals surface area contributed by atoms with Crippen LogP contribution in [0.1, 0.15) is 12.0 Å². The van der Waals surface area contributed by atoms with Crippen molar-refractivity contribution in [2.75, 3.05) is 21.3 Å². The molecule has 0 radical (unpaired) electrons. The zero-order valence-electron chi connectivity index (χ0n) is 16.8. The highest BCUT2D eigenvalue weighted by Gasteiger charge is 2.36. The lowest BCUT2D eigenvalue weighted by atomic mass is 10.1. The van der Waals surface area contributed by atoms with Crippen LogP contribution in [0.5, 0.6) is 17.2 Å². The Labute approximate surface area is 178 Å². The molecule has 0 saturated carbocycles. The molecule has 0 aliphatic carbocycles. The number of carbonyl (C=O) groups excluding carboxylic acids is 1. The summed E-state index contributed by atoms with van der Waals surface area (Å²) in [7, 11) is 4.66. The molecule has 2 aromatic carbocycles. The van der Waals surface area contributed by atoms with Crippen LogP contribution in [0.15, 0.2) is 47.5 Å². The third-order valence-corrected chi connectivity index (χ3v) is 5.68. The maximum absolute atomic E-state index is 12.8. The van der Waals surface area contributed by atoms with Crippen molar-refractivity contribution in [2.45, 2.75) is 18.2 Å². The summed E-state index contributed by atoms with van der Waals surface area (Å²) < 4.78 is 15.7. The van der Waals surface area contributed by atoms with Gasteiger partial charge in [0.2, 0.25) is 5.91 Å². The average Bonchev–Trinajstić information content (AvgIpc) is 2.76. The van der Waals surface area contributed by atoms with Crippen molar-refractivity contribution in [3.05, 3.63) is 48.0 Å². The van der Waals surface area contributed by atoms with Crippen LogP contribution in [-0.2, 0) is 16.1 Å². The molecule has 1 atom stereocenters. The number of carboxylic acids is 1. The van der Waals surface area contributed by atoms with Crippen LogP contribution in [0.25, 0.3) is 0 Å². The van der Waals surface area contributed by atoms with Gasteiger partial charge in [-0.2, -0.15) is 0 Å². The quantitative estimate of drug-likeness (QED) is 0.720. The van der Waals surface area contributed by atoms with Crippen LogP contribution in [-0.4, -0.2) is 53.6 Å². The van der Waals surface area contributed by atoms with E-state index in [1.165, 1.54) is 12.0 Å². The average molecular weight is 430 g/mol. The van der Waals surface area contributed by atoms with Gasteiger partial charge in [0.05, 0.1) is 40.0 Å². The van der Waals surface area contributed by atoms with E-state index in [4.69, 9.17) is 14.2 Å². The molecular weight excluding hydrogens is 408 g/mol. The molecule has 1 amide bonds. The Morgan fingerprint density at radius 1 is 1.10 bits per heavy atom. The molecule has 1 N–H and O–H groups in total. The van der Waals surface area contributed by atoms with Gasteiger partial charge in [-0.15, -0.1) is 0 Å². The highest BCUT2D eigenvalue weighted by Crippen LogP contribution is 2.33. The second-order valence-corrected chi connectivity index (χ2v) is 7.58. The molecule has 1 saturated heterocycles. The summed E-state index contributed by atoms with van der Waals surface area (Å²) >= 11 is 1.06. The first-order valence-electron chi connectivity index (χ1n) is 9.08. The molecule has 2 aromatic rings. The Bertz CT molecular complexity index is 960. The van der Waals surface area contributed by atoms with Crippen molar-refractivity contribution < 1.29 is 28.9 Å². The summed E-state index contributed by atoms with van der Waals surface area (Å²) in [5, 5.41) is 8.87. The van der Waals surface area contributed by atoms with Crippen molar-refractivity contribution in [1.82, 2.24) is 4.90 Å². The fourth-order valence-corrected chi connectivity index (χ4v) is 3.95. The van der Waals surface area contributed by atoms with Crippen LogP contribution in [0.3, 0.4) is 0 Å². The smallest absolute Gasteiger partial charge is 0.317 e. The number of ether oxygens (including phenoxy) is 3. The van der Waals surface area contributed by atoms with E-state index < -0.39 is 11.2 Å². The number of amides is 1. The molecule has 1 aliphatic heterocycles. The van der Waals surface area contributed by atoms with Crippen LogP contribution >= 0.6 is 11.8 Å². The lowest BCUT2D eigenvalue weighted by Gasteiger charge is -2.31. The van der Waals surface area contributed by atoms with Gasteiger partial charge >= 0.3 is 5.97 Å². The van der Waals surface area contributed by atoms with Gasteiger partial charge in [0, 0.05) is 0 Å². The van der Waals surface area contributed by atoms with Gasteiger partial charge in [0.25, 0.3) is 0 Å². The summed E-state index contributed by atoms with van der Waals surface area (Å²) in [6.45, 7) is 0.230. The van der Waals surface area contributed by atoms with Crippen molar-refractivity contribution in [2.24, 2.45) is 4.99 Å². The second-order valence-electron chi connectivity index (χ2n) is 6.41. The number of carboxylic acid groups (broad SMARTS) is 1. The molecule has 0 bridgehead atoms. The Hall–Kier alpha value is -3.20. The molecule has 1 fully saturated rings. The van der Waals surface area contributed by atoms with Crippen LogP contribution in [0.2, 0.25) is 0 Å². The lowest BCUT2D eigenvalue weighted by molar-refractivity contribution is -0.139. The Balaban J connectivity index is 1.93. The third-order valence-electron chi connectivity index (χ3n) is 4.50. The number of hydrogen-bond acceptors (Lipinski definition) is 7. The maximum Gasteiger partial charge on any atom is 0.317 e. The number of benzene rings is 2. The van der Waals surface area contributed by atoms with Crippen molar-refractivity contribution in [3.8, 4) is 17.2 Å². The van der Waals surface area contributed by atoms with E-state index >= 15 is 0 Å². The standard InChI is InChI=1S/C21H22N2O6S/c1-27-15-7-5-14(6-8-15)22-21-23(19(24)11-18(30-21)20(25)26)12-13-4-9-16(28-2)17(10-13)29-3/h4-10,18H,11-12H2,1-3H3,(H,25,26)/t18-/m1/s1. The summed E-state index contributed by atoms with van der Waals surface area (Å²) in [5.74, 6) is 0.462. The molecule has 1 heterocycles. The van der Waals surface area contributed by atoms with Crippen molar-refractivity contribution in [3.63, 3.8) is 0 Å². The van der Waals surface area contributed by atoms with Crippen molar-refractivity contribution >= 4 is 34.5 Å². The number of carbonyl (C=O) groups is 2. The highest BCUT2D eigenvalue weighted by molar-refractivity contribution is 8.15. The van der Waals surface area contributed by atoms with Gasteiger partial charge in [-0.25, -0.2) is 4.99 Å². The Kier molecular flexibility index (Phi) is 6.83. The summed E-state index contributed by atoms with van der Waals surface area (Å²) in [6, 6.07) is 12.4. The number of aliphatic imine (C=N–C) groups is 1. The van der Waals surface area contributed by atoms with Gasteiger partial charge in [-0.1, -0.05) is 17.8 Å². The topological polar surface area (TPSA) is 97.7 Å². The second kappa shape index (κ2) is 9.53. The molecule has 0 aromatic heterocycles. The van der Waals surface area contributed by atoms with Crippen LogP contribution in [0, 0.1) is 0 Å². The first kappa shape index (κ1) is 21.5. The number of aliphatic carboxylic acids is 1. The van der Waals surface area contributed by atoms with E-state index in [-0.39, 0.29) is 18.9 Å². The molecule has 1 aliphatic rings. The SMILES string of the molecule is COc1ccc(N=C2S[C@@H](C(=O)O)CC(=O)N2Cc2ccc(OC)c(OC)c2)cc1. The number of nitrogens with zero attached hydrogens (tertiary/aromatic N) is 2. The van der Waals surface area contributed by atoms with E-state index in [0.29, 0.717) is 28.1 Å². The summed E-state index contributed by atoms with van der Waals surface area (Å²) in [4.78, 5) is 30.3. The first-order chi connectivity index (χ1) is 14.4. The normalized spacial score (nSPS) is 17.7. The minimum Gasteiger partial charge on any atom is -0.497 e. The van der Waals surface area contributed by atoms with E-state index in [9.17, 15) is 14.7 Å². The van der Waals surface area contributed by atoms with Gasteiger partial charge in [0.1, 0.15) is 11.0 Å². The minimum atomic E-state index is -1.04. The summed E-state index contributed by atoms with van der Waals surface area (Å²) in [5.41, 5.74) is 1.40. The third kappa shape index (κ3) is 4.85. The monoisotopic (exact) mass is 430 g/mol. The molecule has 158 valence electrons. The zero-order chi connectivity index (χ0) is 21.7. The molecule has 8 nitrogen and oxygen atoms in total. The zero-order valence-corrected chi connectivity index (χ0v) is 17.6. The molecule has 0 spiro atoms. The van der Waals surface area contributed by atoms with E-state index in [1.54, 1.807) is 50.6 Å². The number of rotatable bonds is 7. The Morgan fingerprint density at radius 3 is 2.40 bits per heavy atom. The fraction of sp³-hybridized carbons (Fsp3) is 0.286. The first-order valence-corrected chi connectivity index (χ1v) is 9.96. The van der Waals surface area contributed by atoms with Crippen LogP contribution < -0.4 is 14.2 Å². The van der Waals surface area contributed by atoms with Gasteiger partial charge < -0.3 is 19.3 Å². The maximum atomic E-state index is 12.8. The van der Waals surface area contributed by atoms with Crippen LogP contribution in [0.4, 0.5) is 5.69 Å². The number of methoxy groups -OCH3 is 3. The molecule has 3 rings (SSSR count). The predicted molar refractivity (Wildman–Crippen MR) is 114 cm³/mol. The van der Waals surface area contributed by atoms with E-state index in [1.807, 2.05) is 6.07 Å². The van der Waals surface area contributed by atoms with Gasteiger partial charge in [-0.3, -0.25) is 14.5 Å². The number of thioether (sulfide) groups is 1. The predicted octanol–water partition coefficient (Wildman–Crippen LogP) is 3.32. The highest BCUT2D eigenvalue weighted by atomic mass is 32.2. The molecule has 30 heavy (non-hydrogen) atoms. The molecule has 0 unspecified atom stereocenters. The Morgan fingerprint density at radius 2 is 1.80 bits per heavy atom. The van der Waals surface area contributed by atoms with Gasteiger partial charge in [-0.05, 0) is 42.0 Å². The van der Waals surface area contributed by atoms with Gasteiger partial charge in [0.15, 0.2) is 16.7 Å².